The second-order valence-electron chi connectivity index (χ2n) is 5.09. The molecule has 0 radical (unpaired) electrons. The van der Waals surface area contributed by atoms with Gasteiger partial charge < -0.3 is 4.74 Å². The highest BCUT2D eigenvalue weighted by atomic mass is 16.5. The number of aromatic nitrogens is 1. The zero-order valence-corrected chi connectivity index (χ0v) is 11.3. The number of pyridine rings is 1. The Labute approximate surface area is 119 Å². The summed E-state index contributed by atoms with van der Waals surface area (Å²) in [6.07, 6.45) is 3.99. The van der Waals surface area contributed by atoms with Gasteiger partial charge in [-0.05, 0) is 36.6 Å². The molecule has 0 fully saturated rings. The van der Waals surface area contributed by atoms with Gasteiger partial charge in [-0.15, -0.1) is 0 Å². The molecule has 104 valence electrons. The van der Waals surface area contributed by atoms with Crippen molar-refractivity contribution in [3.05, 3.63) is 59.9 Å². The van der Waals surface area contributed by atoms with Crippen LogP contribution in [0, 0.1) is 0 Å². The lowest BCUT2D eigenvalue weighted by molar-refractivity contribution is 0.242. The van der Waals surface area contributed by atoms with Gasteiger partial charge in [0, 0.05) is 17.8 Å². The highest BCUT2D eigenvalue weighted by molar-refractivity contribution is 5.30. The summed E-state index contributed by atoms with van der Waals surface area (Å²) in [4.78, 5) is 4.51. The molecule has 4 nitrogen and oxygen atoms in total. The molecule has 2 aromatic rings. The highest BCUT2D eigenvalue weighted by Gasteiger charge is 2.30. The Morgan fingerprint density at radius 3 is 2.90 bits per heavy atom. The first kappa shape index (κ1) is 13.1. The number of benzene rings is 1. The van der Waals surface area contributed by atoms with E-state index in [9.17, 15) is 0 Å². The predicted molar refractivity (Wildman–Crippen MR) is 78.3 cm³/mol. The molecule has 2 unspecified atom stereocenters. The maximum absolute atomic E-state index is 5.82. The minimum Gasteiger partial charge on any atom is -0.492 e. The van der Waals surface area contributed by atoms with Crippen molar-refractivity contribution in [3.63, 3.8) is 0 Å². The molecule has 0 bridgehead atoms. The maximum Gasteiger partial charge on any atom is 0.119 e. The SMILES string of the molecule is NNC(COc1ccccc1)C1CCc2cccnc21. The molecular formula is C16H19N3O. The Morgan fingerprint density at radius 1 is 1.25 bits per heavy atom. The first-order valence-corrected chi connectivity index (χ1v) is 6.96. The van der Waals surface area contributed by atoms with Gasteiger partial charge in [0.05, 0.1) is 6.04 Å². The van der Waals surface area contributed by atoms with Crippen molar-refractivity contribution in [3.8, 4) is 5.75 Å². The fourth-order valence-corrected chi connectivity index (χ4v) is 2.82. The summed E-state index contributed by atoms with van der Waals surface area (Å²) in [5.41, 5.74) is 5.38. The van der Waals surface area contributed by atoms with Gasteiger partial charge >= 0.3 is 0 Å². The van der Waals surface area contributed by atoms with Gasteiger partial charge in [0.1, 0.15) is 12.4 Å². The van der Waals surface area contributed by atoms with E-state index in [2.05, 4.69) is 16.5 Å². The summed E-state index contributed by atoms with van der Waals surface area (Å²) in [5, 5.41) is 0. The third-order valence-electron chi connectivity index (χ3n) is 3.87. The quantitative estimate of drug-likeness (QED) is 0.644. The lowest BCUT2D eigenvalue weighted by atomic mass is 9.98. The van der Waals surface area contributed by atoms with E-state index in [0.717, 1.165) is 24.3 Å². The lowest BCUT2D eigenvalue weighted by Gasteiger charge is -2.23. The number of hydrogen-bond donors (Lipinski definition) is 2. The van der Waals surface area contributed by atoms with Crippen LogP contribution in [-0.2, 0) is 6.42 Å². The van der Waals surface area contributed by atoms with Gasteiger partial charge in [0.15, 0.2) is 0 Å². The number of aryl methyl sites for hydroxylation is 1. The number of hydrazine groups is 1. The van der Waals surface area contributed by atoms with Crippen LogP contribution in [0.1, 0.15) is 23.6 Å². The van der Waals surface area contributed by atoms with Crippen LogP contribution in [0.3, 0.4) is 0 Å². The Kier molecular flexibility index (Phi) is 3.95. The van der Waals surface area contributed by atoms with Crippen molar-refractivity contribution in [1.82, 2.24) is 10.4 Å². The number of nitrogens with two attached hydrogens (primary N) is 1. The third kappa shape index (κ3) is 2.66. The molecule has 3 rings (SSSR count). The second-order valence-corrected chi connectivity index (χ2v) is 5.09. The van der Waals surface area contributed by atoms with Crippen molar-refractivity contribution in [2.75, 3.05) is 6.61 Å². The van der Waals surface area contributed by atoms with Crippen LogP contribution < -0.4 is 16.0 Å². The van der Waals surface area contributed by atoms with E-state index >= 15 is 0 Å². The minimum atomic E-state index is 0.0753. The van der Waals surface area contributed by atoms with E-state index in [1.165, 1.54) is 5.56 Å². The van der Waals surface area contributed by atoms with Gasteiger partial charge in [-0.3, -0.25) is 16.3 Å². The smallest absolute Gasteiger partial charge is 0.119 e. The Hall–Kier alpha value is -1.91. The highest BCUT2D eigenvalue weighted by Crippen LogP contribution is 2.33. The molecule has 4 heteroatoms. The molecule has 0 spiro atoms. The standard InChI is InChI=1S/C16H19N3O/c17-19-15(11-20-13-6-2-1-3-7-13)14-9-8-12-5-4-10-18-16(12)14/h1-7,10,14-15,19H,8-9,11,17H2. The number of para-hydroxylation sites is 1. The number of nitrogens with one attached hydrogen (secondary N) is 1. The number of fused-ring (bicyclic) bond motifs is 1. The minimum absolute atomic E-state index is 0.0753. The first-order valence-electron chi connectivity index (χ1n) is 6.96. The Bertz CT molecular complexity index is 559. The van der Waals surface area contributed by atoms with Crippen molar-refractivity contribution in [2.24, 2.45) is 5.84 Å². The second kappa shape index (κ2) is 6.03. The van der Waals surface area contributed by atoms with Crippen molar-refractivity contribution in [1.29, 1.82) is 0 Å². The van der Waals surface area contributed by atoms with Crippen molar-refractivity contribution in [2.45, 2.75) is 24.8 Å². The topological polar surface area (TPSA) is 60.2 Å². The Morgan fingerprint density at radius 2 is 2.10 bits per heavy atom. The van der Waals surface area contributed by atoms with Gasteiger partial charge in [-0.2, -0.15) is 0 Å². The van der Waals surface area contributed by atoms with Crippen LogP contribution in [0.2, 0.25) is 0 Å². The molecule has 0 amide bonds. The van der Waals surface area contributed by atoms with E-state index in [1.807, 2.05) is 42.6 Å². The average molecular weight is 269 g/mol. The fraction of sp³-hybridized carbons (Fsp3) is 0.312. The summed E-state index contributed by atoms with van der Waals surface area (Å²) in [7, 11) is 0. The fourth-order valence-electron chi connectivity index (χ4n) is 2.82. The monoisotopic (exact) mass is 269 g/mol. The molecular weight excluding hydrogens is 250 g/mol. The summed E-state index contributed by atoms with van der Waals surface area (Å²) >= 11 is 0. The average Bonchev–Trinajstić information content (AvgIpc) is 2.93. The van der Waals surface area contributed by atoms with Crippen molar-refractivity contribution < 1.29 is 4.74 Å². The van der Waals surface area contributed by atoms with Crippen molar-refractivity contribution >= 4 is 0 Å². The largest absolute Gasteiger partial charge is 0.492 e. The third-order valence-corrected chi connectivity index (χ3v) is 3.87. The molecule has 20 heavy (non-hydrogen) atoms. The van der Waals surface area contributed by atoms with Crippen LogP contribution >= 0.6 is 0 Å². The summed E-state index contributed by atoms with van der Waals surface area (Å²) < 4.78 is 5.82. The van der Waals surface area contributed by atoms with Gasteiger partial charge in [0.2, 0.25) is 0 Å². The number of hydrogen-bond acceptors (Lipinski definition) is 4. The summed E-state index contributed by atoms with van der Waals surface area (Å²) in [5.74, 6) is 6.90. The molecule has 3 N–H and O–H groups in total. The zero-order chi connectivity index (χ0) is 13.8. The van der Waals surface area contributed by atoms with E-state index in [-0.39, 0.29) is 6.04 Å². The van der Waals surface area contributed by atoms with E-state index in [0.29, 0.717) is 12.5 Å². The number of rotatable bonds is 5. The lowest BCUT2D eigenvalue weighted by Crippen LogP contribution is -2.43. The zero-order valence-electron chi connectivity index (χ0n) is 11.3. The molecule has 1 heterocycles. The molecule has 1 aliphatic carbocycles. The molecule has 0 saturated heterocycles. The summed E-state index contributed by atoms with van der Waals surface area (Å²) in [6.45, 7) is 0.543. The number of nitrogens with zero attached hydrogens (tertiary/aromatic N) is 1. The molecule has 1 aliphatic rings. The van der Waals surface area contributed by atoms with Crippen LogP contribution in [-0.4, -0.2) is 17.6 Å². The van der Waals surface area contributed by atoms with Crippen LogP contribution in [0.5, 0.6) is 5.75 Å². The normalized spacial score (nSPS) is 18.6. The van der Waals surface area contributed by atoms with Gasteiger partial charge in [-0.25, -0.2) is 0 Å². The van der Waals surface area contributed by atoms with E-state index < -0.39 is 0 Å². The molecule has 0 saturated carbocycles. The van der Waals surface area contributed by atoms with E-state index in [1.54, 1.807) is 0 Å². The molecule has 1 aromatic carbocycles. The number of ether oxygens (including phenoxy) is 1. The summed E-state index contributed by atoms with van der Waals surface area (Å²) in [6, 6.07) is 14.0. The maximum atomic E-state index is 5.82. The van der Waals surface area contributed by atoms with Gasteiger partial charge in [-0.1, -0.05) is 24.3 Å². The molecule has 0 aliphatic heterocycles. The van der Waals surface area contributed by atoms with Gasteiger partial charge in [0.25, 0.3) is 0 Å². The van der Waals surface area contributed by atoms with E-state index in [4.69, 9.17) is 10.6 Å². The van der Waals surface area contributed by atoms with Crippen LogP contribution in [0.4, 0.5) is 0 Å². The van der Waals surface area contributed by atoms with Crippen LogP contribution in [0.15, 0.2) is 48.7 Å². The molecule has 2 atom stereocenters. The van der Waals surface area contributed by atoms with Crippen LogP contribution in [0.25, 0.3) is 0 Å². The predicted octanol–water partition coefficient (Wildman–Crippen LogP) is 2.02. The Balaban J connectivity index is 1.69. The molecule has 1 aromatic heterocycles. The first-order chi connectivity index (χ1) is 9.88.